The fourth-order valence-corrected chi connectivity index (χ4v) is 3.30. The second-order valence-electron chi connectivity index (χ2n) is 5.86. The number of fused-ring (bicyclic) bond motifs is 1. The van der Waals surface area contributed by atoms with Crippen molar-refractivity contribution in [3.8, 4) is 6.07 Å². The molecular weight excluding hydrogens is 334 g/mol. The van der Waals surface area contributed by atoms with Gasteiger partial charge in [0, 0.05) is 17.4 Å². The molecule has 25 heavy (non-hydrogen) atoms. The summed E-state index contributed by atoms with van der Waals surface area (Å²) < 4.78 is 0. The highest BCUT2D eigenvalue weighted by Gasteiger charge is 2.25. The van der Waals surface area contributed by atoms with Crippen LogP contribution in [0.2, 0.25) is 5.02 Å². The lowest BCUT2D eigenvalue weighted by molar-refractivity contribution is 0.0697. The molecular formula is C20H18ClN3O. The van der Waals surface area contributed by atoms with Crippen LogP contribution in [0.5, 0.6) is 0 Å². The van der Waals surface area contributed by atoms with Gasteiger partial charge in [0.2, 0.25) is 0 Å². The monoisotopic (exact) mass is 351 g/mol. The average molecular weight is 352 g/mol. The lowest BCUT2D eigenvalue weighted by Crippen LogP contribution is -2.33. The van der Waals surface area contributed by atoms with E-state index < -0.39 is 0 Å². The van der Waals surface area contributed by atoms with Crippen LogP contribution in [0.3, 0.4) is 0 Å². The van der Waals surface area contributed by atoms with Gasteiger partial charge < -0.3 is 9.88 Å². The molecule has 0 saturated carbocycles. The van der Waals surface area contributed by atoms with Gasteiger partial charge in [0.15, 0.2) is 0 Å². The average Bonchev–Trinajstić information content (AvgIpc) is 2.99. The number of carbonyl (C=O) groups excluding carboxylic acids is 1. The molecule has 0 saturated heterocycles. The van der Waals surface area contributed by atoms with Crippen molar-refractivity contribution in [3.05, 3.63) is 70.4 Å². The van der Waals surface area contributed by atoms with Gasteiger partial charge in [0.1, 0.15) is 5.69 Å². The van der Waals surface area contributed by atoms with Gasteiger partial charge >= 0.3 is 0 Å². The maximum Gasteiger partial charge on any atom is 0.272 e. The molecule has 1 amide bonds. The van der Waals surface area contributed by atoms with Gasteiger partial charge in [-0.3, -0.25) is 4.79 Å². The molecule has 0 spiro atoms. The third-order valence-corrected chi connectivity index (χ3v) is 4.84. The fourth-order valence-electron chi connectivity index (χ4n) is 3.01. The van der Waals surface area contributed by atoms with Crippen LogP contribution < -0.4 is 0 Å². The summed E-state index contributed by atoms with van der Waals surface area (Å²) >= 11 is 6.43. The van der Waals surface area contributed by atoms with Gasteiger partial charge in [-0.1, -0.05) is 41.9 Å². The van der Waals surface area contributed by atoms with Crippen LogP contribution in [-0.4, -0.2) is 22.3 Å². The van der Waals surface area contributed by atoms with Gasteiger partial charge in [0.25, 0.3) is 5.91 Å². The standard InChI is InChI=1S/C20H18ClN3O/c1-3-24(13(2)15-10-8-14(12-22)9-11-15)20(25)19-18(21)16-6-4-5-7-17(16)23-19/h4-11,13,23H,3H2,1-2H3. The van der Waals surface area contributed by atoms with Crippen LogP contribution in [0.25, 0.3) is 10.9 Å². The van der Waals surface area contributed by atoms with E-state index in [0.29, 0.717) is 22.8 Å². The summed E-state index contributed by atoms with van der Waals surface area (Å²) in [4.78, 5) is 18.0. The van der Waals surface area contributed by atoms with Crippen LogP contribution in [-0.2, 0) is 0 Å². The molecule has 0 aliphatic heterocycles. The molecule has 1 heterocycles. The van der Waals surface area contributed by atoms with Gasteiger partial charge in [-0.2, -0.15) is 5.26 Å². The van der Waals surface area contributed by atoms with Crippen LogP contribution in [0.1, 0.15) is 41.5 Å². The Kier molecular flexibility index (Phi) is 4.78. The number of benzene rings is 2. The first-order valence-corrected chi connectivity index (χ1v) is 8.51. The minimum absolute atomic E-state index is 0.132. The number of hydrogen-bond donors (Lipinski definition) is 1. The highest BCUT2D eigenvalue weighted by atomic mass is 35.5. The summed E-state index contributed by atoms with van der Waals surface area (Å²) in [6, 6.07) is 16.9. The molecule has 126 valence electrons. The summed E-state index contributed by atoms with van der Waals surface area (Å²) in [5.74, 6) is -0.138. The summed E-state index contributed by atoms with van der Waals surface area (Å²) in [5.41, 5.74) is 2.83. The third kappa shape index (κ3) is 3.11. The number of hydrogen-bond acceptors (Lipinski definition) is 2. The number of carbonyl (C=O) groups is 1. The first-order valence-electron chi connectivity index (χ1n) is 8.14. The molecule has 5 heteroatoms. The second kappa shape index (κ2) is 7.00. The molecule has 0 bridgehead atoms. The minimum atomic E-state index is -0.138. The van der Waals surface area contributed by atoms with Crippen LogP contribution in [0, 0.1) is 11.3 Å². The molecule has 4 nitrogen and oxygen atoms in total. The minimum Gasteiger partial charge on any atom is -0.349 e. The fraction of sp³-hybridized carbons (Fsp3) is 0.200. The van der Waals surface area contributed by atoms with Crippen molar-refractivity contribution in [1.29, 1.82) is 5.26 Å². The smallest absolute Gasteiger partial charge is 0.272 e. The van der Waals surface area contributed by atoms with E-state index in [-0.39, 0.29) is 11.9 Å². The Bertz CT molecular complexity index is 953. The first-order chi connectivity index (χ1) is 12.1. The van der Waals surface area contributed by atoms with E-state index in [0.717, 1.165) is 16.5 Å². The summed E-state index contributed by atoms with van der Waals surface area (Å²) in [6.45, 7) is 4.46. The molecule has 1 N–H and O–H groups in total. The zero-order valence-corrected chi connectivity index (χ0v) is 14.8. The predicted molar refractivity (Wildman–Crippen MR) is 99.6 cm³/mol. The Morgan fingerprint density at radius 2 is 1.92 bits per heavy atom. The normalized spacial score (nSPS) is 11.9. The highest BCUT2D eigenvalue weighted by molar-refractivity contribution is 6.38. The molecule has 1 aromatic heterocycles. The Morgan fingerprint density at radius 3 is 2.52 bits per heavy atom. The van der Waals surface area contributed by atoms with Crippen LogP contribution >= 0.6 is 11.6 Å². The Labute approximate surface area is 151 Å². The maximum absolute atomic E-state index is 13.1. The second-order valence-corrected chi connectivity index (χ2v) is 6.24. The summed E-state index contributed by atoms with van der Waals surface area (Å²) in [6.07, 6.45) is 0. The number of para-hydroxylation sites is 1. The van der Waals surface area contributed by atoms with Gasteiger partial charge in [0.05, 0.1) is 22.7 Å². The Hall–Kier alpha value is -2.77. The zero-order chi connectivity index (χ0) is 18.0. The van der Waals surface area contributed by atoms with E-state index in [2.05, 4.69) is 11.1 Å². The summed E-state index contributed by atoms with van der Waals surface area (Å²) in [5, 5.41) is 10.2. The SMILES string of the molecule is CCN(C(=O)c1[nH]c2ccccc2c1Cl)C(C)c1ccc(C#N)cc1. The molecule has 1 unspecified atom stereocenters. The molecule has 2 aromatic carbocycles. The number of aromatic nitrogens is 1. The predicted octanol–water partition coefficient (Wildman–Crippen LogP) is 4.92. The van der Waals surface area contributed by atoms with Crippen molar-refractivity contribution in [3.63, 3.8) is 0 Å². The lowest BCUT2D eigenvalue weighted by atomic mass is 10.0. The number of amides is 1. The van der Waals surface area contributed by atoms with Gasteiger partial charge in [-0.05, 0) is 37.6 Å². The van der Waals surface area contributed by atoms with Crippen molar-refractivity contribution in [1.82, 2.24) is 9.88 Å². The number of nitrogens with one attached hydrogen (secondary N) is 1. The Morgan fingerprint density at radius 1 is 1.24 bits per heavy atom. The van der Waals surface area contributed by atoms with Crippen LogP contribution in [0.15, 0.2) is 48.5 Å². The number of halogens is 1. The van der Waals surface area contributed by atoms with Crippen molar-refractivity contribution in [2.45, 2.75) is 19.9 Å². The molecule has 0 fully saturated rings. The van der Waals surface area contributed by atoms with E-state index in [4.69, 9.17) is 16.9 Å². The van der Waals surface area contributed by atoms with E-state index in [1.165, 1.54) is 0 Å². The molecule has 0 radical (unpaired) electrons. The van der Waals surface area contributed by atoms with Crippen molar-refractivity contribution < 1.29 is 4.79 Å². The van der Waals surface area contributed by atoms with E-state index in [1.54, 1.807) is 17.0 Å². The van der Waals surface area contributed by atoms with Crippen LogP contribution in [0.4, 0.5) is 0 Å². The quantitative estimate of drug-likeness (QED) is 0.725. The first kappa shape index (κ1) is 17.1. The zero-order valence-electron chi connectivity index (χ0n) is 14.1. The molecule has 3 aromatic rings. The molecule has 0 aliphatic rings. The van der Waals surface area contributed by atoms with Crippen molar-refractivity contribution >= 4 is 28.4 Å². The number of nitrogens with zero attached hydrogens (tertiary/aromatic N) is 2. The summed E-state index contributed by atoms with van der Waals surface area (Å²) in [7, 11) is 0. The number of rotatable bonds is 4. The van der Waals surface area contributed by atoms with Crippen molar-refractivity contribution in [2.24, 2.45) is 0 Å². The van der Waals surface area contributed by atoms with Crippen molar-refractivity contribution in [2.75, 3.05) is 6.54 Å². The molecule has 1 atom stereocenters. The van der Waals surface area contributed by atoms with Gasteiger partial charge in [-0.25, -0.2) is 0 Å². The third-order valence-electron chi connectivity index (χ3n) is 4.45. The molecule has 0 aliphatic carbocycles. The van der Waals surface area contributed by atoms with E-state index >= 15 is 0 Å². The number of nitriles is 1. The topological polar surface area (TPSA) is 59.9 Å². The number of aromatic amines is 1. The highest BCUT2D eigenvalue weighted by Crippen LogP contribution is 2.30. The lowest BCUT2D eigenvalue weighted by Gasteiger charge is -2.28. The molecule has 3 rings (SSSR count). The largest absolute Gasteiger partial charge is 0.349 e. The van der Waals surface area contributed by atoms with Gasteiger partial charge in [-0.15, -0.1) is 0 Å². The Balaban J connectivity index is 1.94. The van der Waals surface area contributed by atoms with E-state index in [9.17, 15) is 4.79 Å². The van der Waals surface area contributed by atoms with E-state index in [1.807, 2.05) is 50.2 Å². The number of H-pyrrole nitrogens is 1. The maximum atomic E-state index is 13.1.